The molecule has 5 rings (SSSR count). The summed E-state index contributed by atoms with van der Waals surface area (Å²) in [5, 5.41) is 13.9. The molecule has 1 saturated carbocycles. The van der Waals surface area contributed by atoms with Gasteiger partial charge in [0, 0.05) is 45.2 Å². The summed E-state index contributed by atoms with van der Waals surface area (Å²) in [6.45, 7) is 6.47. The zero-order valence-electron chi connectivity index (χ0n) is 22.7. The Labute approximate surface area is 225 Å². The third kappa shape index (κ3) is 6.63. The van der Waals surface area contributed by atoms with E-state index in [1.807, 2.05) is 0 Å². The van der Waals surface area contributed by atoms with Crippen LogP contribution in [0.2, 0.25) is 0 Å². The molecule has 0 spiro atoms. The van der Waals surface area contributed by atoms with Gasteiger partial charge < -0.3 is 10.0 Å². The van der Waals surface area contributed by atoms with Crippen LogP contribution in [0.1, 0.15) is 67.7 Å². The lowest BCUT2D eigenvalue weighted by Gasteiger charge is -2.35. The Morgan fingerprint density at radius 2 is 1.89 bits per heavy atom. The first kappa shape index (κ1) is 27.3. The quantitative estimate of drug-likeness (QED) is 0.430. The van der Waals surface area contributed by atoms with E-state index >= 15 is 0 Å². The van der Waals surface area contributed by atoms with Crippen LogP contribution in [-0.2, 0) is 17.8 Å². The summed E-state index contributed by atoms with van der Waals surface area (Å²) >= 11 is 0. The molecule has 1 N–H and O–H groups in total. The van der Waals surface area contributed by atoms with E-state index in [0.717, 1.165) is 64.8 Å². The summed E-state index contributed by atoms with van der Waals surface area (Å²) in [6, 6.07) is 9.68. The molecular formula is C30H42F2N4O2. The molecule has 3 aliphatic rings. The first-order chi connectivity index (χ1) is 18.2. The van der Waals surface area contributed by atoms with Gasteiger partial charge >= 0.3 is 5.97 Å². The number of nitrogens with zero attached hydrogens (tertiary/aromatic N) is 4. The number of likely N-dealkylation sites (tertiary alicyclic amines) is 2. The fourth-order valence-corrected chi connectivity index (χ4v) is 6.61. The van der Waals surface area contributed by atoms with Crippen LogP contribution in [0.15, 0.2) is 36.5 Å². The molecule has 0 radical (unpaired) electrons. The van der Waals surface area contributed by atoms with Gasteiger partial charge in [0.1, 0.15) is 11.7 Å². The van der Waals surface area contributed by atoms with Gasteiger partial charge in [0.05, 0.1) is 0 Å². The van der Waals surface area contributed by atoms with Crippen LogP contribution < -0.4 is 0 Å². The number of carboxylic acids is 1. The van der Waals surface area contributed by atoms with Gasteiger partial charge in [0.25, 0.3) is 5.92 Å². The molecule has 0 unspecified atom stereocenters. The Kier molecular flexibility index (Phi) is 8.19. The molecule has 8 heteroatoms. The van der Waals surface area contributed by atoms with E-state index in [-0.39, 0.29) is 12.1 Å². The number of hydrogen-bond acceptors (Lipinski definition) is 4. The minimum atomic E-state index is -2.88. The zero-order chi connectivity index (χ0) is 26.9. The number of alkyl halides is 2. The first-order valence-corrected chi connectivity index (χ1v) is 14.3. The maximum Gasteiger partial charge on any atom is 0.320 e. The number of hydrogen-bond donors (Lipinski definition) is 1. The van der Waals surface area contributed by atoms with Gasteiger partial charge in [-0.3, -0.25) is 14.4 Å². The van der Waals surface area contributed by atoms with Crippen molar-refractivity contribution in [2.75, 3.05) is 32.7 Å². The van der Waals surface area contributed by atoms with Crippen molar-refractivity contribution in [2.45, 2.75) is 69.8 Å². The Morgan fingerprint density at radius 1 is 1.13 bits per heavy atom. The van der Waals surface area contributed by atoms with E-state index in [0.29, 0.717) is 30.1 Å². The Bertz CT molecular complexity index is 1090. The molecule has 1 aliphatic carbocycles. The summed E-state index contributed by atoms with van der Waals surface area (Å²) in [7, 11) is 1.66. The van der Waals surface area contributed by atoms with Crippen molar-refractivity contribution >= 4 is 5.97 Å². The van der Waals surface area contributed by atoms with E-state index in [2.05, 4.69) is 46.1 Å². The Balaban J connectivity index is 1.18. The van der Waals surface area contributed by atoms with Gasteiger partial charge in [-0.15, -0.1) is 0 Å². The molecule has 3 heterocycles. The predicted molar refractivity (Wildman–Crippen MR) is 143 cm³/mol. The van der Waals surface area contributed by atoms with Crippen LogP contribution in [0, 0.1) is 24.7 Å². The van der Waals surface area contributed by atoms with E-state index < -0.39 is 17.9 Å². The van der Waals surface area contributed by atoms with E-state index in [1.54, 1.807) is 13.2 Å². The van der Waals surface area contributed by atoms with Crippen LogP contribution in [0.3, 0.4) is 0 Å². The Morgan fingerprint density at radius 3 is 2.53 bits per heavy atom. The van der Waals surface area contributed by atoms with Gasteiger partial charge in [-0.25, -0.2) is 0 Å². The van der Waals surface area contributed by atoms with Crippen molar-refractivity contribution in [3.63, 3.8) is 0 Å². The average Bonchev–Trinajstić information content (AvgIpc) is 3.44. The minimum Gasteiger partial charge on any atom is -0.480 e. The van der Waals surface area contributed by atoms with Crippen LogP contribution in [0.4, 0.5) is 8.78 Å². The molecule has 0 bridgehead atoms. The van der Waals surface area contributed by atoms with Crippen molar-refractivity contribution in [1.82, 2.24) is 19.6 Å². The lowest BCUT2D eigenvalue weighted by atomic mass is 9.86. The Hall–Kier alpha value is -2.32. The highest BCUT2D eigenvalue weighted by atomic mass is 19.3. The SMILES string of the molecule is Cc1cccc([C@H]2CN([C@H](CC3CC3)C(=O)O)C[C@@H]2CN2CCC(CCC(F)(F)c3ccn(C)n3)CC2)c1. The molecule has 3 atom stereocenters. The smallest absolute Gasteiger partial charge is 0.320 e. The highest BCUT2D eigenvalue weighted by Crippen LogP contribution is 2.40. The molecule has 3 fully saturated rings. The molecule has 0 amide bonds. The first-order valence-electron chi connectivity index (χ1n) is 14.3. The van der Waals surface area contributed by atoms with Crippen LogP contribution in [0.25, 0.3) is 0 Å². The monoisotopic (exact) mass is 528 g/mol. The number of halogens is 2. The highest BCUT2D eigenvalue weighted by molar-refractivity contribution is 5.73. The van der Waals surface area contributed by atoms with Crippen LogP contribution >= 0.6 is 0 Å². The normalized spacial score (nSPS) is 24.6. The highest BCUT2D eigenvalue weighted by Gasteiger charge is 2.42. The van der Waals surface area contributed by atoms with Crippen molar-refractivity contribution in [2.24, 2.45) is 24.8 Å². The summed E-state index contributed by atoms with van der Waals surface area (Å²) in [5.41, 5.74) is 2.40. The zero-order valence-corrected chi connectivity index (χ0v) is 22.7. The van der Waals surface area contributed by atoms with Crippen LogP contribution in [0.5, 0.6) is 0 Å². The number of aliphatic carboxylic acids is 1. The lowest BCUT2D eigenvalue weighted by molar-refractivity contribution is -0.143. The van der Waals surface area contributed by atoms with Crippen molar-refractivity contribution in [3.05, 3.63) is 53.3 Å². The minimum absolute atomic E-state index is 0.133. The number of aromatic nitrogens is 2. The summed E-state index contributed by atoms with van der Waals surface area (Å²) in [4.78, 5) is 16.9. The lowest BCUT2D eigenvalue weighted by Crippen LogP contribution is -2.42. The number of piperidine rings is 1. The predicted octanol–water partition coefficient (Wildman–Crippen LogP) is 5.28. The van der Waals surface area contributed by atoms with Crippen molar-refractivity contribution < 1.29 is 18.7 Å². The standard InChI is InChI=1S/C30H42F2N4O2/c1-21-4-3-5-24(16-21)26-20-36(27(29(37)38)17-23-6-7-23)19-25(26)18-35-14-9-22(10-15-35)8-12-30(31,32)28-11-13-34(2)33-28/h3-5,11,13,16,22-23,25-27H,6-10,12,14-15,17-20H2,1-2H3,(H,37,38)/t25-,26+,27+/m0/s1. The topological polar surface area (TPSA) is 61.6 Å². The number of rotatable bonds is 11. The second-order valence-electron chi connectivity index (χ2n) is 12.1. The largest absolute Gasteiger partial charge is 0.480 e. The molecule has 1 aromatic heterocycles. The molecular weight excluding hydrogens is 486 g/mol. The van der Waals surface area contributed by atoms with Gasteiger partial charge in [-0.2, -0.15) is 13.9 Å². The number of carboxylic acid groups (broad SMARTS) is 1. The van der Waals surface area contributed by atoms with Crippen molar-refractivity contribution in [1.29, 1.82) is 0 Å². The molecule has 208 valence electrons. The summed E-state index contributed by atoms with van der Waals surface area (Å²) < 4.78 is 30.7. The van der Waals surface area contributed by atoms with Crippen LogP contribution in [-0.4, -0.2) is 69.4 Å². The fraction of sp³-hybridized carbons (Fsp3) is 0.667. The van der Waals surface area contributed by atoms with Crippen molar-refractivity contribution in [3.8, 4) is 0 Å². The number of benzene rings is 1. The number of aryl methyl sites for hydroxylation is 2. The number of carbonyl (C=O) groups is 1. The molecule has 6 nitrogen and oxygen atoms in total. The van der Waals surface area contributed by atoms with Gasteiger partial charge in [0.2, 0.25) is 0 Å². The summed E-state index contributed by atoms with van der Waals surface area (Å²) in [5.74, 6) is -2.02. The third-order valence-corrected chi connectivity index (χ3v) is 9.07. The molecule has 2 aliphatic heterocycles. The maximum atomic E-state index is 14.6. The third-order valence-electron chi connectivity index (χ3n) is 9.07. The van der Waals surface area contributed by atoms with E-state index in [1.165, 1.54) is 21.9 Å². The average molecular weight is 529 g/mol. The molecule has 1 aromatic carbocycles. The molecule has 2 saturated heterocycles. The molecule has 38 heavy (non-hydrogen) atoms. The van der Waals surface area contributed by atoms with Gasteiger partial charge in [-0.05, 0) is 75.1 Å². The maximum absolute atomic E-state index is 14.6. The summed E-state index contributed by atoms with van der Waals surface area (Å²) in [6.07, 6.45) is 6.88. The second-order valence-corrected chi connectivity index (χ2v) is 12.1. The van der Waals surface area contributed by atoms with E-state index in [4.69, 9.17) is 0 Å². The molecule has 2 aromatic rings. The van der Waals surface area contributed by atoms with Gasteiger partial charge in [0.15, 0.2) is 0 Å². The van der Waals surface area contributed by atoms with Gasteiger partial charge in [-0.1, -0.05) is 42.7 Å². The fourth-order valence-electron chi connectivity index (χ4n) is 6.61. The van der Waals surface area contributed by atoms with E-state index in [9.17, 15) is 18.7 Å². The second kappa shape index (κ2) is 11.4.